The molecule has 1 saturated heterocycles. The lowest BCUT2D eigenvalue weighted by Gasteiger charge is -2.45. The summed E-state index contributed by atoms with van der Waals surface area (Å²) in [5.41, 5.74) is 0.363. The molecule has 2 rings (SSSR count). The van der Waals surface area contributed by atoms with Crippen LogP contribution >= 0.6 is 0 Å². The molecule has 1 heterocycles. The molecule has 1 saturated carbocycles. The molecule has 2 nitrogen and oxygen atoms in total. The number of carbonyl (C=O) groups is 1. The van der Waals surface area contributed by atoms with Gasteiger partial charge < -0.3 is 5.32 Å². The number of hydrogen-bond donors (Lipinski definition) is 1. The van der Waals surface area contributed by atoms with Crippen LogP contribution in [0, 0.1) is 5.41 Å². The standard InChI is InChI=1S/C12H21NO/c1-3-11(2)9-10(14)13-12(11)7-5-4-6-8-12/h3-9H2,1-2H3,(H,13,14). The molecule has 1 atom stereocenters. The number of rotatable bonds is 1. The Bertz CT molecular complexity index is 243. The fraction of sp³-hybridized carbons (Fsp3) is 0.917. The molecule has 1 spiro atoms. The third-order valence-electron chi connectivity index (χ3n) is 4.57. The third-order valence-corrected chi connectivity index (χ3v) is 4.57. The zero-order valence-corrected chi connectivity index (χ0v) is 9.36. The first-order valence-corrected chi connectivity index (χ1v) is 5.93. The van der Waals surface area contributed by atoms with Crippen LogP contribution < -0.4 is 5.32 Å². The number of hydrogen-bond acceptors (Lipinski definition) is 1. The van der Waals surface area contributed by atoms with Gasteiger partial charge in [0.05, 0.1) is 0 Å². The topological polar surface area (TPSA) is 29.1 Å². The van der Waals surface area contributed by atoms with Crippen LogP contribution in [0.3, 0.4) is 0 Å². The van der Waals surface area contributed by atoms with Crippen molar-refractivity contribution in [1.29, 1.82) is 0 Å². The van der Waals surface area contributed by atoms with Crippen molar-refractivity contribution in [3.05, 3.63) is 0 Å². The van der Waals surface area contributed by atoms with Crippen molar-refractivity contribution in [2.24, 2.45) is 5.41 Å². The van der Waals surface area contributed by atoms with Crippen molar-refractivity contribution < 1.29 is 4.79 Å². The fourth-order valence-electron chi connectivity index (χ4n) is 3.33. The molecule has 1 amide bonds. The minimum atomic E-state index is 0.150. The fourth-order valence-corrected chi connectivity index (χ4v) is 3.33. The first kappa shape index (κ1) is 10.0. The molecule has 2 fully saturated rings. The van der Waals surface area contributed by atoms with Gasteiger partial charge in [0.2, 0.25) is 5.91 Å². The van der Waals surface area contributed by atoms with Crippen LogP contribution in [0.25, 0.3) is 0 Å². The van der Waals surface area contributed by atoms with Crippen molar-refractivity contribution in [2.75, 3.05) is 0 Å². The van der Waals surface area contributed by atoms with Gasteiger partial charge in [0.1, 0.15) is 0 Å². The minimum absolute atomic E-state index is 0.150. The van der Waals surface area contributed by atoms with E-state index in [0.29, 0.717) is 0 Å². The summed E-state index contributed by atoms with van der Waals surface area (Å²) >= 11 is 0. The van der Waals surface area contributed by atoms with E-state index in [4.69, 9.17) is 0 Å². The van der Waals surface area contributed by atoms with Crippen LogP contribution in [0.4, 0.5) is 0 Å². The Balaban J connectivity index is 2.26. The van der Waals surface area contributed by atoms with E-state index in [1.54, 1.807) is 0 Å². The van der Waals surface area contributed by atoms with E-state index in [9.17, 15) is 4.79 Å². The molecule has 2 heteroatoms. The van der Waals surface area contributed by atoms with Crippen LogP contribution in [-0.2, 0) is 4.79 Å². The van der Waals surface area contributed by atoms with Crippen LogP contribution in [0.2, 0.25) is 0 Å². The van der Waals surface area contributed by atoms with Gasteiger partial charge in [-0.1, -0.05) is 33.1 Å². The van der Waals surface area contributed by atoms with Gasteiger partial charge in [0.15, 0.2) is 0 Å². The summed E-state index contributed by atoms with van der Waals surface area (Å²) in [6.45, 7) is 4.51. The highest BCUT2D eigenvalue weighted by Gasteiger charge is 2.53. The molecule has 80 valence electrons. The van der Waals surface area contributed by atoms with Crippen molar-refractivity contribution in [1.82, 2.24) is 5.32 Å². The van der Waals surface area contributed by atoms with Crippen molar-refractivity contribution in [3.8, 4) is 0 Å². The van der Waals surface area contributed by atoms with Gasteiger partial charge in [-0.15, -0.1) is 0 Å². The van der Waals surface area contributed by atoms with Gasteiger partial charge in [0.25, 0.3) is 0 Å². The van der Waals surface area contributed by atoms with Crippen LogP contribution in [0.1, 0.15) is 58.8 Å². The summed E-state index contributed by atoms with van der Waals surface area (Å²) in [7, 11) is 0. The average molecular weight is 195 g/mol. The maximum Gasteiger partial charge on any atom is 0.221 e. The maximum absolute atomic E-state index is 11.6. The van der Waals surface area contributed by atoms with Crippen molar-refractivity contribution in [2.45, 2.75) is 64.3 Å². The van der Waals surface area contributed by atoms with Gasteiger partial charge >= 0.3 is 0 Å². The molecule has 0 bridgehead atoms. The highest BCUT2D eigenvalue weighted by molar-refractivity contribution is 5.81. The van der Waals surface area contributed by atoms with E-state index < -0.39 is 0 Å². The minimum Gasteiger partial charge on any atom is -0.350 e. The molecule has 1 aliphatic carbocycles. The van der Waals surface area contributed by atoms with Crippen molar-refractivity contribution in [3.63, 3.8) is 0 Å². The molecule has 0 aromatic heterocycles. The monoisotopic (exact) mass is 195 g/mol. The number of carbonyl (C=O) groups excluding carboxylic acids is 1. The second-order valence-corrected chi connectivity index (χ2v) is 5.28. The Morgan fingerprint density at radius 1 is 1.29 bits per heavy atom. The van der Waals surface area contributed by atoms with E-state index in [2.05, 4.69) is 19.2 Å². The Hall–Kier alpha value is -0.530. The lowest BCUT2D eigenvalue weighted by atomic mass is 9.63. The van der Waals surface area contributed by atoms with E-state index in [-0.39, 0.29) is 16.9 Å². The smallest absolute Gasteiger partial charge is 0.221 e. The van der Waals surface area contributed by atoms with Gasteiger partial charge in [0, 0.05) is 12.0 Å². The lowest BCUT2D eigenvalue weighted by molar-refractivity contribution is -0.120. The molecule has 1 unspecified atom stereocenters. The molecule has 1 N–H and O–H groups in total. The first-order chi connectivity index (χ1) is 6.62. The predicted octanol–water partition coefficient (Wildman–Crippen LogP) is 2.63. The van der Waals surface area contributed by atoms with Crippen LogP contribution in [0.5, 0.6) is 0 Å². The summed E-state index contributed by atoms with van der Waals surface area (Å²) in [6.07, 6.45) is 8.17. The zero-order valence-electron chi connectivity index (χ0n) is 9.36. The quantitative estimate of drug-likeness (QED) is 0.684. The largest absolute Gasteiger partial charge is 0.350 e. The zero-order chi connectivity index (χ0) is 10.2. The highest BCUT2D eigenvalue weighted by Crippen LogP contribution is 2.50. The number of amides is 1. The summed E-state index contributed by atoms with van der Waals surface area (Å²) in [4.78, 5) is 11.6. The summed E-state index contributed by atoms with van der Waals surface area (Å²) in [5.74, 6) is 0.274. The second kappa shape index (κ2) is 3.25. The second-order valence-electron chi connectivity index (χ2n) is 5.28. The molecular weight excluding hydrogens is 174 g/mol. The van der Waals surface area contributed by atoms with Gasteiger partial charge in [-0.2, -0.15) is 0 Å². The Morgan fingerprint density at radius 3 is 2.50 bits per heavy atom. The average Bonchev–Trinajstić information content (AvgIpc) is 2.40. The molecule has 0 radical (unpaired) electrons. The Kier molecular flexibility index (Phi) is 2.32. The van der Waals surface area contributed by atoms with E-state index in [1.165, 1.54) is 32.1 Å². The predicted molar refractivity (Wildman–Crippen MR) is 57.0 cm³/mol. The van der Waals surface area contributed by atoms with Gasteiger partial charge in [-0.05, 0) is 24.7 Å². The molecule has 1 aliphatic heterocycles. The van der Waals surface area contributed by atoms with Crippen molar-refractivity contribution >= 4 is 5.91 Å². The Labute approximate surface area is 86.5 Å². The normalized spacial score (nSPS) is 36.0. The molecule has 14 heavy (non-hydrogen) atoms. The molecule has 2 aliphatic rings. The molecular formula is C12H21NO. The number of nitrogens with one attached hydrogen (secondary N) is 1. The van der Waals surface area contributed by atoms with E-state index in [1.807, 2.05) is 0 Å². The molecule has 0 aromatic carbocycles. The van der Waals surface area contributed by atoms with E-state index >= 15 is 0 Å². The summed E-state index contributed by atoms with van der Waals surface area (Å²) in [5, 5.41) is 3.27. The first-order valence-electron chi connectivity index (χ1n) is 5.93. The van der Waals surface area contributed by atoms with Crippen LogP contribution in [-0.4, -0.2) is 11.4 Å². The SMILES string of the molecule is CCC1(C)CC(=O)NC12CCCCC2. The van der Waals surface area contributed by atoms with Gasteiger partial charge in [-0.3, -0.25) is 4.79 Å². The summed E-state index contributed by atoms with van der Waals surface area (Å²) < 4.78 is 0. The summed E-state index contributed by atoms with van der Waals surface area (Å²) in [6, 6.07) is 0. The third kappa shape index (κ3) is 1.27. The maximum atomic E-state index is 11.6. The Morgan fingerprint density at radius 2 is 1.93 bits per heavy atom. The lowest BCUT2D eigenvalue weighted by Crippen LogP contribution is -2.52. The highest BCUT2D eigenvalue weighted by atomic mass is 16.2. The van der Waals surface area contributed by atoms with E-state index in [0.717, 1.165) is 12.8 Å². The van der Waals surface area contributed by atoms with Gasteiger partial charge in [-0.25, -0.2) is 0 Å². The van der Waals surface area contributed by atoms with Crippen LogP contribution in [0.15, 0.2) is 0 Å². The molecule has 0 aromatic rings.